The average Bonchev–Trinajstić information content (AvgIpc) is 2.36. The van der Waals surface area contributed by atoms with Crippen molar-refractivity contribution in [1.82, 2.24) is 14.9 Å². The highest BCUT2D eigenvalue weighted by Gasteiger charge is 2.23. The Balaban J connectivity index is 2.58. The van der Waals surface area contributed by atoms with Gasteiger partial charge in [0.05, 0.1) is 18.1 Å². The number of hydrogen-bond acceptors (Lipinski definition) is 4. The molecule has 19 heavy (non-hydrogen) atoms. The zero-order chi connectivity index (χ0) is 14.5. The van der Waals surface area contributed by atoms with Crippen LogP contribution in [0.15, 0.2) is 12.4 Å². The van der Waals surface area contributed by atoms with E-state index in [4.69, 9.17) is 0 Å². The first-order valence-electron chi connectivity index (χ1n) is 7.09. The number of hydrogen-bond donors (Lipinski definition) is 1. The summed E-state index contributed by atoms with van der Waals surface area (Å²) in [7, 11) is 2.14. The Kier molecular flexibility index (Phi) is 5.73. The molecule has 0 bridgehead atoms. The van der Waals surface area contributed by atoms with Crippen molar-refractivity contribution in [2.75, 3.05) is 18.9 Å². The predicted molar refractivity (Wildman–Crippen MR) is 81.2 cm³/mol. The highest BCUT2D eigenvalue weighted by molar-refractivity contribution is 5.30. The molecule has 0 aromatic carbocycles. The Hall–Kier alpha value is -1.16. The van der Waals surface area contributed by atoms with Crippen molar-refractivity contribution in [3.05, 3.63) is 18.1 Å². The molecule has 0 saturated heterocycles. The first-order chi connectivity index (χ1) is 8.84. The van der Waals surface area contributed by atoms with E-state index in [1.807, 2.05) is 12.4 Å². The molecule has 4 heteroatoms. The van der Waals surface area contributed by atoms with Crippen molar-refractivity contribution in [3.63, 3.8) is 0 Å². The molecule has 0 amide bonds. The van der Waals surface area contributed by atoms with Crippen LogP contribution in [0.3, 0.4) is 0 Å². The minimum atomic E-state index is 0.269. The Bertz CT molecular complexity index is 367. The van der Waals surface area contributed by atoms with Crippen LogP contribution in [-0.4, -0.2) is 34.5 Å². The topological polar surface area (TPSA) is 41.1 Å². The molecule has 0 aliphatic rings. The second kappa shape index (κ2) is 6.85. The zero-order valence-corrected chi connectivity index (χ0v) is 13.2. The minimum absolute atomic E-state index is 0.269. The summed E-state index contributed by atoms with van der Waals surface area (Å²) >= 11 is 0. The Morgan fingerprint density at radius 2 is 1.95 bits per heavy atom. The van der Waals surface area contributed by atoms with E-state index in [0.717, 1.165) is 31.0 Å². The molecule has 1 atom stereocenters. The van der Waals surface area contributed by atoms with Gasteiger partial charge in [0.25, 0.3) is 0 Å². The lowest BCUT2D eigenvalue weighted by molar-refractivity contribution is 0.133. The molecule has 1 aromatic heterocycles. The van der Waals surface area contributed by atoms with Crippen LogP contribution >= 0.6 is 0 Å². The van der Waals surface area contributed by atoms with E-state index in [1.54, 1.807) is 0 Å². The van der Waals surface area contributed by atoms with Crippen molar-refractivity contribution in [1.29, 1.82) is 0 Å². The monoisotopic (exact) mass is 264 g/mol. The quantitative estimate of drug-likeness (QED) is 0.857. The van der Waals surface area contributed by atoms with Crippen molar-refractivity contribution in [2.24, 2.45) is 5.41 Å². The second-order valence-corrected chi connectivity index (χ2v) is 6.28. The third-order valence-electron chi connectivity index (χ3n) is 3.59. The van der Waals surface area contributed by atoms with Gasteiger partial charge in [-0.25, -0.2) is 4.98 Å². The molecule has 1 rings (SSSR count). The molecule has 0 fully saturated rings. The summed E-state index contributed by atoms with van der Waals surface area (Å²) < 4.78 is 0. The summed E-state index contributed by atoms with van der Waals surface area (Å²) in [6.45, 7) is 12.9. The minimum Gasteiger partial charge on any atom is -0.369 e. The van der Waals surface area contributed by atoms with Gasteiger partial charge in [-0.3, -0.25) is 9.88 Å². The van der Waals surface area contributed by atoms with Crippen molar-refractivity contribution >= 4 is 5.82 Å². The highest BCUT2D eigenvalue weighted by Crippen LogP contribution is 2.23. The summed E-state index contributed by atoms with van der Waals surface area (Å²) in [5.41, 5.74) is 1.28. The molecule has 0 spiro atoms. The standard InChI is InChI=1S/C15H28N4/c1-7-8-16-14-10-17-13(9-18-14)11-19(6)12(2)15(3,4)5/h9-10,12H,7-8,11H2,1-6H3,(H,16,18). The Morgan fingerprint density at radius 1 is 1.26 bits per heavy atom. The van der Waals surface area contributed by atoms with Crippen LogP contribution in [-0.2, 0) is 6.54 Å². The maximum Gasteiger partial charge on any atom is 0.144 e. The fourth-order valence-electron chi connectivity index (χ4n) is 1.83. The van der Waals surface area contributed by atoms with E-state index >= 15 is 0 Å². The summed E-state index contributed by atoms with van der Waals surface area (Å²) in [5, 5.41) is 3.23. The number of anilines is 1. The van der Waals surface area contributed by atoms with Crippen LogP contribution in [0, 0.1) is 5.41 Å². The average molecular weight is 264 g/mol. The molecule has 1 N–H and O–H groups in total. The van der Waals surface area contributed by atoms with Crippen LogP contribution in [0.25, 0.3) is 0 Å². The first-order valence-corrected chi connectivity index (χ1v) is 7.09. The normalized spacial score (nSPS) is 13.6. The van der Waals surface area contributed by atoms with Crippen LogP contribution in [0.4, 0.5) is 5.82 Å². The van der Waals surface area contributed by atoms with Gasteiger partial charge in [-0.2, -0.15) is 0 Å². The molecule has 1 unspecified atom stereocenters. The lowest BCUT2D eigenvalue weighted by Gasteiger charge is -2.35. The molecule has 4 nitrogen and oxygen atoms in total. The van der Waals surface area contributed by atoms with E-state index in [1.165, 1.54) is 0 Å². The van der Waals surface area contributed by atoms with Gasteiger partial charge in [0.2, 0.25) is 0 Å². The van der Waals surface area contributed by atoms with Crippen LogP contribution < -0.4 is 5.32 Å². The van der Waals surface area contributed by atoms with Gasteiger partial charge in [-0.15, -0.1) is 0 Å². The summed E-state index contributed by atoms with van der Waals surface area (Å²) in [6, 6.07) is 0.493. The van der Waals surface area contributed by atoms with Crippen LogP contribution in [0.5, 0.6) is 0 Å². The van der Waals surface area contributed by atoms with Gasteiger partial charge in [0, 0.05) is 19.1 Å². The fourth-order valence-corrected chi connectivity index (χ4v) is 1.83. The van der Waals surface area contributed by atoms with Gasteiger partial charge in [0.15, 0.2) is 0 Å². The second-order valence-electron chi connectivity index (χ2n) is 6.28. The first kappa shape index (κ1) is 15.9. The smallest absolute Gasteiger partial charge is 0.144 e. The molecule has 1 heterocycles. The van der Waals surface area contributed by atoms with E-state index in [0.29, 0.717) is 6.04 Å². The third kappa shape index (κ3) is 5.15. The Morgan fingerprint density at radius 3 is 2.42 bits per heavy atom. The number of aromatic nitrogens is 2. The molecule has 1 aromatic rings. The number of rotatable bonds is 6. The van der Waals surface area contributed by atoms with Gasteiger partial charge in [-0.1, -0.05) is 27.7 Å². The van der Waals surface area contributed by atoms with Crippen molar-refractivity contribution < 1.29 is 0 Å². The summed E-state index contributed by atoms with van der Waals surface area (Å²) in [5.74, 6) is 0.858. The van der Waals surface area contributed by atoms with Crippen molar-refractivity contribution in [2.45, 2.75) is 53.6 Å². The number of nitrogens with one attached hydrogen (secondary N) is 1. The summed E-state index contributed by atoms with van der Waals surface area (Å²) in [6.07, 6.45) is 4.78. The molecular weight excluding hydrogens is 236 g/mol. The molecule has 0 aliphatic heterocycles. The van der Waals surface area contributed by atoms with Gasteiger partial charge in [-0.05, 0) is 25.8 Å². The number of nitrogens with zero attached hydrogens (tertiary/aromatic N) is 3. The lowest BCUT2D eigenvalue weighted by atomic mass is 9.87. The Labute approximate surface area is 117 Å². The van der Waals surface area contributed by atoms with Crippen LogP contribution in [0.1, 0.15) is 46.7 Å². The summed E-state index contributed by atoms with van der Waals surface area (Å²) in [4.78, 5) is 11.2. The molecule has 0 aliphatic carbocycles. The van der Waals surface area contributed by atoms with Crippen LogP contribution in [0.2, 0.25) is 0 Å². The maximum absolute atomic E-state index is 4.47. The predicted octanol–water partition coefficient (Wildman–Crippen LogP) is 3.16. The van der Waals surface area contributed by atoms with E-state index in [9.17, 15) is 0 Å². The van der Waals surface area contributed by atoms with Crippen molar-refractivity contribution in [3.8, 4) is 0 Å². The van der Waals surface area contributed by atoms with Gasteiger partial charge in [0.1, 0.15) is 5.82 Å². The molecule has 108 valence electrons. The van der Waals surface area contributed by atoms with Gasteiger partial charge >= 0.3 is 0 Å². The van der Waals surface area contributed by atoms with Gasteiger partial charge < -0.3 is 5.32 Å². The molecule has 0 saturated carbocycles. The lowest BCUT2D eigenvalue weighted by Crippen LogP contribution is -2.39. The zero-order valence-electron chi connectivity index (χ0n) is 13.2. The fraction of sp³-hybridized carbons (Fsp3) is 0.733. The third-order valence-corrected chi connectivity index (χ3v) is 3.59. The maximum atomic E-state index is 4.47. The van der Waals surface area contributed by atoms with E-state index < -0.39 is 0 Å². The molecular formula is C15H28N4. The largest absolute Gasteiger partial charge is 0.369 e. The highest BCUT2D eigenvalue weighted by atomic mass is 15.1. The molecule has 0 radical (unpaired) electrons. The van der Waals surface area contributed by atoms with E-state index in [2.05, 4.69) is 61.9 Å². The van der Waals surface area contributed by atoms with E-state index in [-0.39, 0.29) is 5.41 Å². The SMILES string of the molecule is CCCNc1cnc(CN(C)C(C)C(C)(C)C)cn1.